The fourth-order valence-electron chi connectivity index (χ4n) is 2.55. The molecule has 1 aliphatic rings. The van der Waals surface area contributed by atoms with Crippen molar-refractivity contribution in [1.29, 1.82) is 0 Å². The minimum atomic E-state index is -0.0656. The van der Waals surface area contributed by atoms with Crippen LogP contribution in [0.2, 0.25) is 0 Å². The summed E-state index contributed by atoms with van der Waals surface area (Å²) in [4.78, 5) is 13.5. The van der Waals surface area contributed by atoms with E-state index in [1.54, 1.807) is 23.5 Å². The highest BCUT2D eigenvalue weighted by molar-refractivity contribution is 7.09. The number of nitrogens with one attached hydrogen (secondary N) is 1. The van der Waals surface area contributed by atoms with Gasteiger partial charge in [-0.05, 0) is 48.9 Å². The molecule has 122 valence electrons. The summed E-state index contributed by atoms with van der Waals surface area (Å²) in [5.74, 6) is 0.649. The van der Waals surface area contributed by atoms with Crippen molar-refractivity contribution in [3.05, 3.63) is 52.2 Å². The van der Waals surface area contributed by atoms with Gasteiger partial charge in [0.15, 0.2) is 0 Å². The molecule has 1 aliphatic heterocycles. The zero-order valence-corrected chi connectivity index (χ0v) is 13.8. The Morgan fingerprint density at radius 3 is 3.09 bits per heavy atom. The van der Waals surface area contributed by atoms with Crippen LogP contribution in [0, 0.1) is 0 Å². The Morgan fingerprint density at radius 1 is 1.35 bits per heavy atom. The molecular formula is C18H21NO3S. The number of carbonyl (C=O) groups is 1. The molecule has 5 heteroatoms. The lowest BCUT2D eigenvalue weighted by Gasteiger charge is -2.12. The minimum Gasteiger partial charge on any atom is -0.491 e. The second-order valence-electron chi connectivity index (χ2n) is 5.56. The third kappa shape index (κ3) is 4.81. The quantitative estimate of drug-likeness (QED) is 0.847. The molecule has 23 heavy (non-hydrogen) atoms. The molecule has 1 fully saturated rings. The van der Waals surface area contributed by atoms with Crippen molar-refractivity contribution in [1.82, 2.24) is 5.32 Å². The van der Waals surface area contributed by atoms with Gasteiger partial charge in [0.2, 0.25) is 0 Å². The van der Waals surface area contributed by atoms with Crippen LogP contribution in [0.1, 0.15) is 28.1 Å². The van der Waals surface area contributed by atoms with E-state index in [0.29, 0.717) is 24.5 Å². The van der Waals surface area contributed by atoms with Gasteiger partial charge in [-0.15, -0.1) is 11.3 Å². The molecule has 1 atom stereocenters. The van der Waals surface area contributed by atoms with Crippen molar-refractivity contribution >= 4 is 17.2 Å². The first-order valence-electron chi connectivity index (χ1n) is 7.96. The molecule has 1 aromatic heterocycles. The lowest BCUT2D eigenvalue weighted by molar-refractivity contribution is 0.0679. The largest absolute Gasteiger partial charge is 0.491 e. The van der Waals surface area contributed by atoms with Gasteiger partial charge in [0.05, 0.1) is 6.10 Å². The Morgan fingerprint density at radius 2 is 2.30 bits per heavy atom. The summed E-state index contributed by atoms with van der Waals surface area (Å²) in [6, 6.07) is 11.4. The van der Waals surface area contributed by atoms with E-state index in [9.17, 15) is 4.79 Å². The summed E-state index contributed by atoms with van der Waals surface area (Å²) >= 11 is 1.71. The van der Waals surface area contributed by atoms with Crippen LogP contribution in [0.4, 0.5) is 0 Å². The molecule has 1 saturated heterocycles. The molecule has 1 N–H and O–H groups in total. The second-order valence-corrected chi connectivity index (χ2v) is 6.59. The van der Waals surface area contributed by atoms with E-state index in [4.69, 9.17) is 9.47 Å². The van der Waals surface area contributed by atoms with Gasteiger partial charge in [-0.25, -0.2) is 0 Å². The van der Waals surface area contributed by atoms with Gasteiger partial charge in [-0.2, -0.15) is 0 Å². The summed E-state index contributed by atoms with van der Waals surface area (Å²) in [6.45, 7) is 2.00. The molecular weight excluding hydrogens is 310 g/mol. The maximum absolute atomic E-state index is 12.2. The van der Waals surface area contributed by atoms with Gasteiger partial charge in [-0.3, -0.25) is 4.79 Å². The van der Waals surface area contributed by atoms with Crippen LogP contribution in [0.5, 0.6) is 5.75 Å². The predicted octanol–water partition coefficient (Wildman–Crippen LogP) is 3.28. The molecule has 1 unspecified atom stereocenters. The number of rotatable bonds is 7. The van der Waals surface area contributed by atoms with Gasteiger partial charge in [0.1, 0.15) is 12.4 Å². The summed E-state index contributed by atoms with van der Waals surface area (Å²) in [5.41, 5.74) is 0.626. The highest BCUT2D eigenvalue weighted by Gasteiger charge is 2.16. The molecule has 0 radical (unpaired) electrons. The molecule has 0 bridgehead atoms. The summed E-state index contributed by atoms with van der Waals surface area (Å²) in [7, 11) is 0. The van der Waals surface area contributed by atoms with Crippen LogP contribution in [-0.2, 0) is 11.2 Å². The Balaban J connectivity index is 1.48. The van der Waals surface area contributed by atoms with E-state index in [1.807, 2.05) is 23.6 Å². The van der Waals surface area contributed by atoms with Gasteiger partial charge in [0, 0.05) is 23.6 Å². The third-order valence-corrected chi connectivity index (χ3v) is 4.73. The number of amides is 1. The van der Waals surface area contributed by atoms with Gasteiger partial charge >= 0.3 is 0 Å². The number of thiophene rings is 1. The Bertz CT molecular complexity index is 621. The van der Waals surface area contributed by atoms with Gasteiger partial charge in [-0.1, -0.05) is 12.1 Å². The monoisotopic (exact) mass is 331 g/mol. The average molecular weight is 331 g/mol. The molecule has 0 spiro atoms. The maximum Gasteiger partial charge on any atom is 0.251 e. The number of ether oxygens (including phenoxy) is 2. The highest BCUT2D eigenvalue weighted by Crippen LogP contribution is 2.17. The first kappa shape index (κ1) is 16.0. The van der Waals surface area contributed by atoms with Crippen molar-refractivity contribution in [3.8, 4) is 5.75 Å². The fourth-order valence-corrected chi connectivity index (χ4v) is 3.26. The number of benzene rings is 1. The molecule has 2 heterocycles. The predicted molar refractivity (Wildman–Crippen MR) is 91.3 cm³/mol. The van der Waals surface area contributed by atoms with E-state index in [2.05, 4.69) is 11.4 Å². The topological polar surface area (TPSA) is 47.6 Å². The Labute approximate surface area is 140 Å². The van der Waals surface area contributed by atoms with Crippen molar-refractivity contribution in [3.63, 3.8) is 0 Å². The molecule has 0 aliphatic carbocycles. The average Bonchev–Trinajstić information content (AvgIpc) is 3.27. The Kier molecular flexibility index (Phi) is 5.66. The SMILES string of the molecule is O=C(NCCc1cccs1)c1cccc(OCC2CCCO2)c1. The summed E-state index contributed by atoms with van der Waals surface area (Å²) < 4.78 is 11.3. The standard InChI is InChI=1S/C18H21NO3S/c20-18(19-9-8-17-7-3-11-23-17)14-4-1-5-15(12-14)22-13-16-6-2-10-21-16/h1,3-5,7,11-12,16H,2,6,8-10,13H2,(H,19,20). The lowest BCUT2D eigenvalue weighted by atomic mass is 10.2. The molecule has 1 amide bonds. The van der Waals surface area contributed by atoms with Crippen LogP contribution in [0.3, 0.4) is 0 Å². The normalized spacial score (nSPS) is 17.1. The van der Waals surface area contributed by atoms with E-state index < -0.39 is 0 Å². The number of hydrogen-bond acceptors (Lipinski definition) is 4. The number of carbonyl (C=O) groups excluding carboxylic acids is 1. The fraction of sp³-hybridized carbons (Fsp3) is 0.389. The molecule has 0 saturated carbocycles. The maximum atomic E-state index is 12.2. The van der Waals surface area contributed by atoms with Crippen LogP contribution in [-0.4, -0.2) is 31.8 Å². The van der Waals surface area contributed by atoms with E-state index in [1.165, 1.54) is 4.88 Å². The summed E-state index contributed by atoms with van der Waals surface area (Å²) in [6.07, 6.45) is 3.18. The van der Waals surface area contributed by atoms with Crippen molar-refractivity contribution in [2.45, 2.75) is 25.4 Å². The minimum absolute atomic E-state index is 0.0656. The summed E-state index contributed by atoms with van der Waals surface area (Å²) in [5, 5.41) is 5.00. The number of hydrogen-bond donors (Lipinski definition) is 1. The van der Waals surface area contributed by atoms with Crippen LogP contribution in [0.15, 0.2) is 41.8 Å². The van der Waals surface area contributed by atoms with E-state index in [0.717, 1.165) is 25.9 Å². The molecule has 1 aromatic carbocycles. The molecule has 2 aromatic rings. The Hall–Kier alpha value is -1.85. The van der Waals surface area contributed by atoms with Crippen molar-refractivity contribution in [2.75, 3.05) is 19.8 Å². The van der Waals surface area contributed by atoms with Crippen LogP contribution >= 0.6 is 11.3 Å². The zero-order valence-electron chi connectivity index (χ0n) is 13.0. The first-order valence-corrected chi connectivity index (χ1v) is 8.84. The van der Waals surface area contributed by atoms with E-state index >= 15 is 0 Å². The first-order chi connectivity index (χ1) is 11.3. The lowest BCUT2D eigenvalue weighted by Crippen LogP contribution is -2.25. The highest BCUT2D eigenvalue weighted by atomic mass is 32.1. The van der Waals surface area contributed by atoms with Gasteiger partial charge in [0.25, 0.3) is 5.91 Å². The van der Waals surface area contributed by atoms with Crippen LogP contribution in [0.25, 0.3) is 0 Å². The van der Waals surface area contributed by atoms with Gasteiger partial charge < -0.3 is 14.8 Å². The molecule has 4 nitrogen and oxygen atoms in total. The second kappa shape index (κ2) is 8.13. The third-order valence-electron chi connectivity index (χ3n) is 3.79. The molecule has 3 rings (SSSR count). The van der Waals surface area contributed by atoms with E-state index in [-0.39, 0.29) is 12.0 Å². The van der Waals surface area contributed by atoms with Crippen molar-refractivity contribution in [2.24, 2.45) is 0 Å². The van der Waals surface area contributed by atoms with Crippen LogP contribution < -0.4 is 10.1 Å². The zero-order chi connectivity index (χ0) is 15.9. The van der Waals surface area contributed by atoms with Crippen molar-refractivity contribution < 1.29 is 14.3 Å². The smallest absolute Gasteiger partial charge is 0.251 e.